The van der Waals surface area contributed by atoms with Gasteiger partial charge in [-0.3, -0.25) is 0 Å². The van der Waals surface area contributed by atoms with Gasteiger partial charge in [-0.25, -0.2) is 56.5 Å². The number of aromatic nitrogens is 8. The molecule has 0 aromatic carbocycles. The maximum absolute atomic E-state index is 5.40. The third kappa shape index (κ3) is 4.67. The molecule has 0 N–H and O–H groups in total. The lowest BCUT2D eigenvalue weighted by atomic mass is 10.1. The Labute approximate surface area is 301 Å². The minimum absolute atomic E-state index is 0.827. The summed E-state index contributed by atoms with van der Waals surface area (Å²) in [6.07, 6.45) is 33.3. The van der Waals surface area contributed by atoms with Crippen LogP contribution < -0.4 is 18.3 Å². The van der Waals surface area contributed by atoms with Crippen LogP contribution in [0.15, 0.2) is 141 Å². The van der Waals surface area contributed by atoms with Crippen molar-refractivity contribution in [1.82, 2.24) is 18.3 Å². The summed E-state index contributed by atoms with van der Waals surface area (Å²) in [6, 6.07) is 0. The van der Waals surface area contributed by atoms with Gasteiger partial charge in [0.15, 0.2) is 0 Å². The number of rotatable bonds is 4. The average molecular weight is 689 g/mol. The summed E-state index contributed by atoms with van der Waals surface area (Å²) in [5.41, 5.74) is 10.4. The van der Waals surface area contributed by atoms with Crippen LogP contribution in [0.25, 0.3) is 22.3 Å². The first-order valence-corrected chi connectivity index (χ1v) is 17.2. The Bertz CT molecular complexity index is 2240. The molecule has 5 aliphatic rings. The van der Waals surface area contributed by atoms with Crippen LogP contribution in [0.4, 0.5) is 0 Å². The van der Waals surface area contributed by atoms with Crippen molar-refractivity contribution in [1.29, 1.82) is 0 Å². The topological polar surface area (TPSA) is 84.7 Å². The SMILES string of the molecule is Cn1cc[n+](C)c1C1=C2C=CC(=N2)C(c2n(C)cc[n+]2C)=C2C=CC(=N2)C(c2n(C)cc[n+]2C)=C2C=CC(=N2)C(c2n(C)cc[n+]2C)=C2C=CC1=N2. The van der Waals surface area contributed by atoms with Gasteiger partial charge >= 0.3 is 0 Å². The molecular weight excluding hydrogens is 649 g/mol. The number of nitrogens with zero attached hydrogens (tertiary/aromatic N) is 12. The summed E-state index contributed by atoms with van der Waals surface area (Å²) in [5, 5.41) is 0. The largest absolute Gasteiger partial charge is 0.292 e. The average Bonchev–Trinajstić information content (AvgIpc) is 3.98. The van der Waals surface area contributed by atoms with E-state index in [4.69, 9.17) is 20.0 Å². The van der Waals surface area contributed by atoms with E-state index < -0.39 is 0 Å². The molecule has 0 unspecified atom stereocenters. The highest BCUT2D eigenvalue weighted by Gasteiger charge is 2.36. The summed E-state index contributed by atoms with van der Waals surface area (Å²) in [5.74, 6) is 3.96. The summed E-state index contributed by atoms with van der Waals surface area (Å²) in [4.78, 5) is 21.6. The van der Waals surface area contributed by atoms with Crippen LogP contribution >= 0.6 is 0 Å². The van der Waals surface area contributed by atoms with Gasteiger partial charge in [0, 0.05) is 0 Å². The molecule has 9 rings (SSSR count). The monoisotopic (exact) mass is 688 g/mol. The molecule has 256 valence electrons. The molecule has 12 heteroatoms. The second-order valence-electron chi connectivity index (χ2n) is 13.7. The molecule has 5 aliphatic heterocycles. The second-order valence-corrected chi connectivity index (χ2v) is 13.7. The number of imidazole rings is 4. The summed E-state index contributed by atoms with van der Waals surface area (Å²) < 4.78 is 17.0. The van der Waals surface area contributed by atoms with Gasteiger partial charge in [0.25, 0.3) is 23.3 Å². The van der Waals surface area contributed by atoms with E-state index in [1.807, 2.05) is 0 Å². The van der Waals surface area contributed by atoms with E-state index in [-0.39, 0.29) is 0 Å². The van der Waals surface area contributed by atoms with Gasteiger partial charge in [-0.1, -0.05) is 0 Å². The number of aryl methyl sites for hydroxylation is 8. The van der Waals surface area contributed by atoms with Gasteiger partial charge < -0.3 is 0 Å². The van der Waals surface area contributed by atoms with E-state index in [0.717, 1.165) is 91.2 Å². The first kappa shape index (κ1) is 31.4. The van der Waals surface area contributed by atoms with Crippen molar-refractivity contribution in [2.24, 2.45) is 76.4 Å². The van der Waals surface area contributed by atoms with Crippen molar-refractivity contribution < 1.29 is 18.3 Å². The number of aliphatic imine (C=N–C) groups is 4. The van der Waals surface area contributed by atoms with Gasteiger partial charge in [-0.05, 0) is 48.6 Å². The van der Waals surface area contributed by atoms with E-state index in [0.29, 0.717) is 0 Å². The zero-order valence-corrected chi connectivity index (χ0v) is 30.6. The zero-order chi connectivity index (χ0) is 36.0. The van der Waals surface area contributed by atoms with Crippen LogP contribution in [0.3, 0.4) is 0 Å². The smallest absolute Gasteiger partial charge is 0.247 e. The van der Waals surface area contributed by atoms with Gasteiger partial charge in [-0.2, -0.15) is 0 Å². The number of hydrogen-bond acceptors (Lipinski definition) is 4. The van der Waals surface area contributed by atoms with Crippen molar-refractivity contribution in [2.45, 2.75) is 0 Å². The summed E-state index contributed by atoms with van der Waals surface area (Å²) in [6.45, 7) is 0. The molecule has 4 aromatic rings. The fourth-order valence-electron chi connectivity index (χ4n) is 7.77. The van der Waals surface area contributed by atoms with Crippen LogP contribution in [-0.4, -0.2) is 41.1 Å². The zero-order valence-electron chi connectivity index (χ0n) is 30.6. The molecule has 0 amide bonds. The second kappa shape index (κ2) is 11.5. The predicted molar refractivity (Wildman–Crippen MR) is 200 cm³/mol. The maximum Gasteiger partial charge on any atom is 0.292 e. The molecule has 0 saturated carbocycles. The first-order chi connectivity index (χ1) is 25.1. The van der Waals surface area contributed by atoms with E-state index in [2.05, 4.69) is 191 Å². The van der Waals surface area contributed by atoms with E-state index in [1.165, 1.54) is 0 Å². The Morgan fingerprint density at radius 3 is 0.731 bits per heavy atom. The van der Waals surface area contributed by atoms with Crippen molar-refractivity contribution in [3.05, 3.63) is 144 Å². The van der Waals surface area contributed by atoms with E-state index >= 15 is 0 Å². The molecule has 0 fully saturated rings. The number of fused-ring (bicyclic) bond motifs is 4. The third-order valence-corrected chi connectivity index (χ3v) is 10.2. The van der Waals surface area contributed by atoms with Crippen molar-refractivity contribution in [3.63, 3.8) is 0 Å². The lowest BCUT2D eigenvalue weighted by Crippen LogP contribution is -2.33. The molecule has 0 spiro atoms. The van der Waals surface area contributed by atoms with Crippen LogP contribution in [0, 0.1) is 0 Å². The Kier molecular flexibility index (Phi) is 6.94. The highest BCUT2D eigenvalue weighted by Crippen LogP contribution is 2.37. The highest BCUT2D eigenvalue weighted by atomic mass is 15.2. The molecule has 0 atom stereocenters. The van der Waals surface area contributed by atoms with Crippen LogP contribution in [-0.2, 0) is 56.4 Å². The molecule has 8 bridgehead atoms. The van der Waals surface area contributed by atoms with Crippen LogP contribution in [0.2, 0.25) is 0 Å². The quantitative estimate of drug-likeness (QED) is 0.295. The molecule has 4 aromatic heterocycles. The fourth-order valence-corrected chi connectivity index (χ4v) is 7.77. The lowest BCUT2D eigenvalue weighted by Gasteiger charge is -2.09. The minimum atomic E-state index is 0.827. The number of hydrogen-bond donors (Lipinski definition) is 0. The lowest BCUT2D eigenvalue weighted by molar-refractivity contribution is -0.673. The van der Waals surface area contributed by atoms with Crippen LogP contribution in [0.1, 0.15) is 23.3 Å². The normalized spacial score (nSPS) is 17.8. The molecule has 9 heterocycles. The van der Waals surface area contributed by atoms with Gasteiger partial charge in [0.1, 0.15) is 71.9 Å². The van der Waals surface area contributed by atoms with Gasteiger partial charge in [-0.15, -0.1) is 0 Å². The Balaban J connectivity index is 1.42. The predicted octanol–water partition coefficient (Wildman–Crippen LogP) is 2.34. The Hall–Kier alpha value is -6.56. The molecule has 52 heavy (non-hydrogen) atoms. The van der Waals surface area contributed by atoms with Crippen molar-refractivity contribution in [3.8, 4) is 0 Å². The van der Waals surface area contributed by atoms with E-state index in [9.17, 15) is 0 Å². The molecular formula is C40H40N12+4. The van der Waals surface area contributed by atoms with E-state index in [1.54, 1.807) is 0 Å². The third-order valence-electron chi connectivity index (χ3n) is 10.2. The first-order valence-electron chi connectivity index (χ1n) is 17.2. The van der Waals surface area contributed by atoms with Gasteiger partial charge in [0.05, 0.1) is 102 Å². The standard InChI is InChI=1S/C40H40N12/c1-45-17-18-46(2)37(45)33-25-9-11-27(41-25)34(38-47(3)19-20-48(38)4)29-13-15-31(43-29)36(40-51(7)23-24-52(40)8)32-16-14-30(44-32)35(28-12-10-26(33)42-28)39-49(5)21-22-50(39)6/h9-24H,1-8H3/q+4. The minimum Gasteiger partial charge on any atom is -0.247 e. The molecule has 0 radical (unpaired) electrons. The van der Waals surface area contributed by atoms with Crippen molar-refractivity contribution >= 4 is 45.1 Å². The fraction of sp³-hybridized carbons (Fsp3) is 0.200. The van der Waals surface area contributed by atoms with Gasteiger partial charge in [0.2, 0.25) is 0 Å². The van der Waals surface area contributed by atoms with Crippen LogP contribution in [0.5, 0.6) is 0 Å². The summed E-state index contributed by atoms with van der Waals surface area (Å²) >= 11 is 0. The maximum atomic E-state index is 5.40. The number of allylic oxidation sites excluding steroid dienone is 12. The highest BCUT2D eigenvalue weighted by molar-refractivity contribution is 6.38. The molecule has 12 nitrogen and oxygen atoms in total. The summed E-state index contributed by atoms with van der Waals surface area (Å²) in [7, 11) is 16.5. The Morgan fingerprint density at radius 2 is 0.558 bits per heavy atom. The molecule has 0 saturated heterocycles. The molecule has 0 aliphatic carbocycles. The Morgan fingerprint density at radius 1 is 0.346 bits per heavy atom. The van der Waals surface area contributed by atoms with Crippen molar-refractivity contribution in [2.75, 3.05) is 0 Å².